The van der Waals surface area contributed by atoms with E-state index in [1.807, 2.05) is 38.1 Å². The Balaban J connectivity index is 1.59. The molecule has 1 aliphatic rings. The van der Waals surface area contributed by atoms with Crippen molar-refractivity contribution >= 4 is 11.6 Å². The van der Waals surface area contributed by atoms with Crippen LogP contribution in [0.4, 0.5) is 5.69 Å². The van der Waals surface area contributed by atoms with Gasteiger partial charge in [0.15, 0.2) is 0 Å². The molecule has 2 heterocycles. The quantitative estimate of drug-likeness (QED) is 0.930. The molecule has 5 nitrogen and oxygen atoms in total. The number of nitrogens with zero attached hydrogens (tertiary/aromatic N) is 2. The Kier molecular flexibility index (Phi) is 5.22. The molecule has 5 heteroatoms. The van der Waals surface area contributed by atoms with Crippen molar-refractivity contribution in [1.82, 2.24) is 10.3 Å². The van der Waals surface area contributed by atoms with Crippen LogP contribution in [0.3, 0.4) is 0 Å². The first kappa shape index (κ1) is 17.3. The Bertz CT molecular complexity index is 752. The van der Waals surface area contributed by atoms with Gasteiger partial charge in [-0.25, -0.2) is 0 Å². The van der Waals surface area contributed by atoms with E-state index in [1.54, 1.807) is 13.3 Å². The van der Waals surface area contributed by atoms with E-state index in [4.69, 9.17) is 4.74 Å². The van der Waals surface area contributed by atoms with E-state index < -0.39 is 0 Å². The summed E-state index contributed by atoms with van der Waals surface area (Å²) in [6, 6.07) is 10.1. The number of hydrogen-bond acceptors (Lipinski definition) is 4. The van der Waals surface area contributed by atoms with Gasteiger partial charge in [0.25, 0.3) is 5.91 Å². The molecule has 1 N–H and O–H groups in total. The lowest BCUT2D eigenvalue weighted by atomic mass is 10.0. The maximum absolute atomic E-state index is 12.4. The van der Waals surface area contributed by atoms with Crippen LogP contribution in [0.5, 0.6) is 5.75 Å². The van der Waals surface area contributed by atoms with E-state index in [9.17, 15) is 4.79 Å². The number of amides is 1. The summed E-state index contributed by atoms with van der Waals surface area (Å²) in [5, 5.41) is 3.12. The Labute approximate surface area is 149 Å². The fourth-order valence-electron chi connectivity index (χ4n) is 3.16. The number of ether oxygens (including phenoxy) is 1. The summed E-state index contributed by atoms with van der Waals surface area (Å²) in [6.07, 6.45) is 3.58. The van der Waals surface area contributed by atoms with Crippen molar-refractivity contribution in [1.29, 1.82) is 0 Å². The molecule has 0 spiro atoms. The number of benzene rings is 1. The highest BCUT2D eigenvalue weighted by Crippen LogP contribution is 2.29. The topological polar surface area (TPSA) is 54.5 Å². The number of pyridine rings is 1. The number of nitrogens with one attached hydrogen (secondary N) is 1. The molecule has 1 saturated heterocycles. The summed E-state index contributed by atoms with van der Waals surface area (Å²) in [4.78, 5) is 19.0. The third kappa shape index (κ3) is 3.92. The highest BCUT2D eigenvalue weighted by Gasteiger charge is 2.23. The SMILES string of the molecule is COc1ccccc1N1CCC(NC(=O)c2cc(C)c(C)cn2)CC1. The van der Waals surface area contributed by atoms with Crippen LogP contribution in [0.1, 0.15) is 34.5 Å². The van der Waals surface area contributed by atoms with Gasteiger partial charge in [-0.2, -0.15) is 0 Å². The highest BCUT2D eigenvalue weighted by atomic mass is 16.5. The van der Waals surface area contributed by atoms with Crippen LogP contribution in [0.15, 0.2) is 36.5 Å². The monoisotopic (exact) mass is 339 g/mol. The van der Waals surface area contributed by atoms with Gasteiger partial charge in [0.2, 0.25) is 0 Å². The van der Waals surface area contributed by atoms with Crippen molar-refractivity contribution in [2.75, 3.05) is 25.1 Å². The number of anilines is 1. The van der Waals surface area contributed by atoms with Gasteiger partial charge in [0.05, 0.1) is 12.8 Å². The molecule has 1 amide bonds. The molecule has 1 aromatic carbocycles. The second-order valence-electron chi connectivity index (χ2n) is 6.56. The minimum absolute atomic E-state index is 0.0844. The first-order valence-corrected chi connectivity index (χ1v) is 8.70. The van der Waals surface area contributed by atoms with Crippen molar-refractivity contribution in [3.05, 3.63) is 53.3 Å². The van der Waals surface area contributed by atoms with Gasteiger partial charge in [-0.05, 0) is 56.0 Å². The predicted molar refractivity (Wildman–Crippen MR) is 99.4 cm³/mol. The summed E-state index contributed by atoms with van der Waals surface area (Å²) >= 11 is 0. The van der Waals surface area contributed by atoms with E-state index in [0.29, 0.717) is 5.69 Å². The summed E-state index contributed by atoms with van der Waals surface area (Å²) in [5.74, 6) is 0.808. The molecular weight excluding hydrogens is 314 g/mol. The van der Waals surface area contributed by atoms with Crippen LogP contribution in [0.2, 0.25) is 0 Å². The molecule has 2 aromatic rings. The second-order valence-corrected chi connectivity index (χ2v) is 6.56. The average molecular weight is 339 g/mol. The highest BCUT2D eigenvalue weighted by molar-refractivity contribution is 5.92. The van der Waals surface area contributed by atoms with E-state index in [-0.39, 0.29) is 11.9 Å². The standard InChI is InChI=1S/C20H25N3O2/c1-14-12-17(21-13-15(14)2)20(24)22-16-8-10-23(11-9-16)18-6-4-5-7-19(18)25-3/h4-7,12-13,16H,8-11H2,1-3H3,(H,22,24). The van der Waals surface area contributed by atoms with Gasteiger partial charge in [0, 0.05) is 25.3 Å². The van der Waals surface area contributed by atoms with Crippen molar-refractivity contribution in [3.8, 4) is 5.75 Å². The smallest absolute Gasteiger partial charge is 0.270 e. The zero-order valence-corrected chi connectivity index (χ0v) is 15.1. The van der Waals surface area contributed by atoms with Crippen LogP contribution < -0.4 is 15.0 Å². The third-order valence-electron chi connectivity index (χ3n) is 4.86. The molecule has 0 saturated carbocycles. The molecule has 0 unspecified atom stereocenters. The van der Waals surface area contributed by atoms with Crippen LogP contribution >= 0.6 is 0 Å². The van der Waals surface area contributed by atoms with Gasteiger partial charge in [-0.3, -0.25) is 9.78 Å². The maximum atomic E-state index is 12.4. The van der Waals surface area contributed by atoms with E-state index in [2.05, 4.69) is 21.3 Å². The van der Waals surface area contributed by atoms with Crippen LogP contribution in [-0.4, -0.2) is 37.1 Å². The lowest BCUT2D eigenvalue weighted by Gasteiger charge is -2.34. The van der Waals surface area contributed by atoms with Gasteiger partial charge in [-0.1, -0.05) is 12.1 Å². The molecule has 1 aromatic heterocycles. The van der Waals surface area contributed by atoms with E-state index >= 15 is 0 Å². The number of piperidine rings is 1. The number of methoxy groups -OCH3 is 1. The second kappa shape index (κ2) is 7.55. The van der Waals surface area contributed by atoms with Crippen molar-refractivity contribution < 1.29 is 9.53 Å². The molecule has 1 fully saturated rings. The number of hydrogen-bond donors (Lipinski definition) is 1. The molecule has 0 aliphatic carbocycles. The predicted octanol–water partition coefficient (Wildman–Crippen LogP) is 3.11. The first-order chi connectivity index (χ1) is 12.1. The first-order valence-electron chi connectivity index (χ1n) is 8.70. The lowest BCUT2D eigenvalue weighted by Crippen LogP contribution is -2.45. The maximum Gasteiger partial charge on any atom is 0.270 e. The number of para-hydroxylation sites is 2. The lowest BCUT2D eigenvalue weighted by molar-refractivity contribution is 0.0926. The summed E-state index contributed by atoms with van der Waals surface area (Å²) in [7, 11) is 1.70. The largest absolute Gasteiger partial charge is 0.495 e. The molecular formula is C20H25N3O2. The Morgan fingerprint density at radius 3 is 2.60 bits per heavy atom. The molecule has 0 bridgehead atoms. The normalized spacial score (nSPS) is 15.1. The van der Waals surface area contributed by atoms with Crippen molar-refractivity contribution in [2.24, 2.45) is 0 Å². The van der Waals surface area contributed by atoms with Crippen molar-refractivity contribution in [2.45, 2.75) is 32.7 Å². The number of carbonyl (C=O) groups excluding carboxylic acids is 1. The number of carbonyl (C=O) groups is 1. The number of rotatable bonds is 4. The average Bonchev–Trinajstić information content (AvgIpc) is 2.64. The summed E-state index contributed by atoms with van der Waals surface area (Å²) < 4.78 is 5.45. The zero-order chi connectivity index (χ0) is 17.8. The minimum atomic E-state index is -0.0844. The zero-order valence-electron chi connectivity index (χ0n) is 15.1. The van der Waals surface area contributed by atoms with E-state index in [0.717, 1.165) is 48.5 Å². The van der Waals surface area contributed by atoms with E-state index in [1.165, 1.54) is 0 Å². The van der Waals surface area contributed by atoms with Crippen LogP contribution in [0.25, 0.3) is 0 Å². The Morgan fingerprint density at radius 1 is 1.20 bits per heavy atom. The molecule has 25 heavy (non-hydrogen) atoms. The fourth-order valence-corrected chi connectivity index (χ4v) is 3.16. The molecule has 0 radical (unpaired) electrons. The van der Waals surface area contributed by atoms with Crippen molar-refractivity contribution in [3.63, 3.8) is 0 Å². The third-order valence-corrected chi connectivity index (χ3v) is 4.86. The van der Waals surface area contributed by atoms with Gasteiger partial charge in [0.1, 0.15) is 11.4 Å². The number of aromatic nitrogens is 1. The molecule has 1 aliphatic heterocycles. The Hall–Kier alpha value is -2.56. The minimum Gasteiger partial charge on any atom is -0.495 e. The van der Waals surface area contributed by atoms with Crippen LogP contribution in [-0.2, 0) is 0 Å². The molecule has 0 atom stereocenters. The molecule has 3 rings (SSSR count). The summed E-state index contributed by atoms with van der Waals surface area (Å²) in [5.41, 5.74) is 3.80. The fraction of sp³-hybridized carbons (Fsp3) is 0.400. The number of aryl methyl sites for hydroxylation is 2. The summed E-state index contributed by atoms with van der Waals surface area (Å²) in [6.45, 7) is 5.79. The molecule has 132 valence electrons. The Morgan fingerprint density at radius 2 is 1.92 bits per heavy atom. The van der Waals surface area contributed by atoms with Gasteiger partial charge in [-0.15, -0.1) is 0 Å². The van der Waals surface area contributed by atoms with Gasteiger partial charge >= 0.3 is 0 Å². The van der Waals surface area contributed by atoms with Gasteiger partial charge < -0.3 is 15.0 Å². The van der Waals surface area contributed by atoms with Crippen LogP contribution in [0, 0.1) is 13.8 Å².